The Morgan fingerprint density at radius 2 is 2.35 bits per heavy atom. The van der Waals surface area contributed by atoms with E-state index in [2.05, 4.69) is 15.1 Å². The molecule has 0 aliphatic carbocycles. The lowest BCUT2D eigenvalue weighted by Crippen LogP contribution is -2.40. The van der Waals surface area contributed by atoms with Gasteiger partial charge in [-0.25, -0.2) is 9.97 Å². The predicted molar refractivity (Wildman–Crippen MR) is 72.5 cm³/mol. The molecular weight excluding hydrogens is 256 g/mol. The molecule has 104 valence electrons. The highest BCUT2D eigenvalue weighted by molar-refractivity contribution is 5.80. The number of nitrogen functional groups attached to an aromatic ring is 1. The van der Waals surface area contributed by atoms with Gasteiger partial charge in [0.15, 0.2) is 0 Å². The molecule has 2 aromatic heterocycles. The van der Waals surface area contributed by atoms with E-state index in [0.29, 0.717) is 13.1 Å². The van der Waals surface area contributed by atoms with Gasteiger partial charge >= 0.3 is 0 Å². The summed E-state index contributed by atoms with van der Waals surface area (Å²) in [6, 6.07) is 1.49. The van der Waals surface area contributed by atoms with Crippen molar-refractivity contribution in [2.45, 2.75) is 25.9 Å². The lowest BCUT2D eigenvalue weighted by molar-refractivity contribution is -0.135. The molecule has 1 amide bonds. The summed E-state index contributed by atoms with van der Waals surface area (Å²) >= 11 is 0. The molecule has 0 bridgehead atoms. The zero-order chi connectivity index (χ0) is 14.1. The number of anilines is 1. The van der Waals surface area contributed by atoms with Gasteiger partial charge in [-0.1, -0.05) is 0 Å². The maximum absolute atomic E-state index is 12.5. The lowest BCUT2D eigenvalue weighted by atomic mass is 10.1. The molecule has 1 aliphatic rings. The summed E-state index contributed by atoms with van der Waals surface area (Å²) in [4.78, 5) is 22.5. The third-order valence-corrected chi connectivity index (χ3v) is 3.56. The van der Waals surface area contributed by atoms with Gasteiger partial charge in [-0.3, -0.25) is 9.48 Å². The molecular formula is C13H16N6O. The number of aromatic nitrogens is 4. The van der Waals surface area contributed by atoms with E-state index in [-0.39, 0.29) is 17.9 Å². The number of nitrogens with zero attached hydrogens (tertiary/aromatic N) is 5. The highest BCUT2D eigenvalue weighted by Gasteiger charge is 2.26. The van der Waals surface area contributed by atoms with Gasteiger partial charge in [0.1, 0.15) is 6.04 Å². The lowest BCUT2D eigenvalue weighted by Gasteiger charge is -2.30. The van der Waals surface area contributed by atoms with Crippen LogP contribution in [0, 0.1) is 0 Å². The van der Waals surface area contributed by atoms with Gasteiger partial charge in [0, 0.05) is 25.1 Å². The first kappa shape index (κ1) is 12.6. The molecule has 0 saturated carbocycles. The Hall–Kier alpha value is -2.44. The van der Waals surface area contributed by atoms with Crippen LogP contribution in [0.1, 0.15) is 24.2 Å². The van der Waals surface area contributed by atoms with Crippen LogP contribution < -0.4 is 5.73 Å². The predicted octanol–water partition coefficient (Wildman–Crippen LogP) is 0.401. The Balaban J connectivity index is 1.78. The van der Waals surface area contributed by atoms with Crippen molar-refractivity contribution in [2.75, 3.05) is 12.3 Å². The maximum Gasteiger partial charge on any atom is 0.247 e. The molecule has 3 rings (SSSR count). The zero-order valence-corrected chi connectivity index (χ0v) is 11.2. The number of carbonyl (C=O) groups excluding carboxylic acids is 1. The van der Waals surface area contributed by atoms with E-state index in [4.69, 9.17) is 5.73 Å². The minimum absolute atomic E-state index is 0.0385. The van der Waals surface area contributed by atoms with Gasteiger partial charge in [-0.05, 0) is 25.0 Å². The summed E-state index contributed by atoms with van der Waals surface area (Å²) in [6.07, 6.45) is 5.97. The van der Waals surface area contributed by atoms with Crippen molar-refractivity contribution in [1.29, 1.82) is 0 Å². The van der Waals surface area contributed by atoms with Crippen LogP contribution in [0.4, 0.5) is 5.95 Å². The molecule has 7 nitrogen and oxygen atoms in total. The van der Waals surface area contributed by atoms with E-state index in [0.717, 1.165) is 17.7 Å². The quantitative estimate of drug-likeness (QED) is 0.854. The smallest absolute Gasteiger partial charge is 0.247 e. The fourth-order valence-electron chi connectivity index (χ4n) is 2.39. The highest BCUT2D eigenvalue weighted by atomic mass is 16.2. The van der Waals surface area contributed by atoms with E-state index in [1.807, 2.05) is 13.0 Å². The molecule has 20 heavy (non-hydrogen) atoms. The number of amides is 1. The Bertz CT molecular complexity index is 624. The number of carbonyl (C=O) groups is 1. The standard InChI is InChI=1S/C13H16N6O/c1-9(19-5-2-4-16-19)12(20)18-6-3-10-7-15-13(14)17-11(10)8-18/h2,4-5,7,9H,3,6,8H2,1H3,(H2,14,15,17). The highest BCUT2D eigenvalue weighted by Crippen LogP contribution is 2.19. The van der Waals surface area contributed by atoms with Gasteiger partial charge in [-0.2, -0.15) is 5.10 Å². The first-order valence-electron chi connectivity index (χ1n) is 6.53. The molecule has 1 unspecified atom stereocenters. The number of hydrogen-bond acceptors (Lipinski definition) is 5. The van der Waals surface area contributed by atoms with Crippen LogP contribution in [0.15, 0.2) is 24.7 Å². The van der Waals surface area contributed by atoms with Crippen molar-refractivity contribution in [3.63, 3.8) is 0 Å². The zero-order valence-electron chi connectivity index (χ0n) is 11.2. The van der Waals surface area contributed by atoms with Crippen molar-refractivity contribution in [3.8, 4) is 0 Å². The van der Waals surface area contributed by atoms with E-state index in [9.17, 15) is 4.79 Å². The van der Waals surface area contributed by atoms with Crippen molar-refractivity contribution in [2.24, 2.45) is 0 Å². The van der Waals surface area contributed by atoms with Crippen molar-refractivity contribution in [3.05, 3.63) is 35.9 Å². The third-order valence-electron chi connectivity index (χ3n) is 3.56. The molecule has 1 atom stereocenters. The molecule has 0 aromatic carbocycles. The molecule has 2 N–H and O–H groups in total. The Morgan fingerprint density at radius 3 is 3.10 bits per heavy atom. The van der Waals surface area contributed by atoms with E-state index < -0.39 is 0 Å². The molecule has 2 aromatic rings. The summed E-state index contributed by atoms with van der Waals surface area (Å²) in [5, 5.41) is 4.11. The summed E-state index contributed by atoms with van der Waals surface area (Å²) in [6.45, 7) is 3.00. The van der Waals surface area contributed by atoms with Crippen molar-refractivity contribution >= 4 is 11.9 Å². The van der Waals surface area contributed by atoms with E-state index >= 15 is 0 Å². The monoisotopic (exact) mass is 272 g/mol. The summed E-state index contributed by atoms with van der Waals surface area (Å²) in [7, 11) is 0. The van der Waals surface area contributed by atoms with Gasteiger partial charge in [0.25, 0.3) is 0 Å². The van der Waals surface area contributed by atoms with E-state index in [1.54, 1.807) is 28.2 Å². The van der Waals surface area contributed by atoms with Crippen LogP contribution in [0.25, 0.3) is 0 Å². The van der Waals surface area contributed by atoms with Gasteiger partial charge in [0.05, 0.1) is 12.2 Å². The van der Waals surface area contributed by atoms with Gasteiger partial charge in [0.2, 0.25) is 11.9 Å². The second-order valence-corrected chi connectivity index (χ2v) is 4.87. The van der Waals surface area contributed by atoms with Crippen LogP contribution in [0.3, 0.4) is 0 Å². The molecule has 0 fully saturated rings. The average molecular weight is 272 g/mol. The van der Waals surface area contributed by atoms with Crippen molar-refractivity contribution < 1.29 is 4.79 Å². The van der Waals surface area contributed by atoms with Crippen LogP contribution in [0.2, 0.25) is 0 Å². The van der Waals surface area contributed by atoms with Gasteiger partial charge < -0.3 is 10.6 Å². The number of hydrogen-bond donors (Lipinski definition) is 1. The minimum atomic E-state index is -0.314. The molecule has 0 saturated heterocycles. The van der Waals surface area contributed by atoms with Gasteiger partial charge in [-0.15, -0.1) is 0 Å². The largest absolute Gasteiger partial charge is 0.368 e. The second kappa shape index (κ2) is 4.92. The molecule has 1 aliphatic heterocycles. The number of rotatable bonds is 2. The van der Waals surface area contributed by atoms with Crippen LogP contribution in [-0.2, 0) is 17.8 Å². The summed E-state index contributed by atoms with van der Waals surface area (Å²) in [5.41, 5.74) is 7.50. The summed E-state index contributed by atoms with van der Waals surface area (Å²) in [5.74, 6) is 0.287. The first-order valence-corrected chi connectivity index (χ1v) is 6.53. The fraction of sp³-hybridized carbons (Fsp3) is 0.385. The minimum Gasteiger partial charge on any atom is -0.368 e. The molecule has 3 heterocycles. The Labute approximate surface area is 116 Å². The Morgan fingerprint density at radius 1 is 1.50 bits per heavy atom. The molecule has 0 radical (unpaired) electrons. The third kappa shape index (κ3) is 2.22. The second-order valence-electron chi connectivity index (χ2n) is 4.87. The molecule has 7 heteroatoms. The SMILES string of the molecule is CC(C(=O)N1CCc2cnc(N)nc2C1)n1cccn1. The van der Waals surface area contributed by atoms with E-state index in [1.165, 1.54) is 0 Å². The number of nitrogens with two attached hydrogens (primary N) is 1. The normalized spacial score (nSPS) is 15.8. The number of fused-ring (bicyclic) bond motifs is 1. The average Bonchev–Trinajstić information content (AvgIpc) is 2.99. The van der Waals surface area contributed by atoms with Crippen molar-refractivity contribution in [1.82, 2.24) is 24.6 Å². The maximum atomic E-state index is 12.5. The Kier molecular flexibility index (Phi) is 3.09. The summed E-state index contributed by atoms with van der Waals surface area (Å²) < 4.78 is 1.66. The van der Waals surface area contributed by atoms with Crippen LogP contribution in [-0.4, -0.2) is 37.1 Å². The molecule has 0 spiro atoms. The van der Waals surface area contributed by atoms with Crippen LogP contribution in [0.5, 0.6) is 0 Å². The first-order chi connectivity index (χ1) is 9.65. The fourth-order valence-corrected chi connectivity index (χ4v) is 2.39. The van der Waals surface area contributed by atoms with Crippen LogP contribution >= 0.6 is 0 Å². The topological polar surface area (TPSA) is 89.9 Å².